The molecule has 0 heterocycles. The van der Waals surface area contributed by atoms with Crippen molar-refractivity contribution in [1.82, 2.24) is 4.90 Å². The van der Waals surface area contributed by atoms with Crippen LogP contribution in [0, 0.1) is 0 Å². The van der Waals surface area contributed by atoms with Crippen LogP contribution in [0.1, 0.15) is 5.56 Å². The van der Waals surface area contributed by atoms with Gasteiger partial charge in [-0.05, 0) is 18.2 Å². The highest BCUT2D eigenvalue weighted by molar-refractivity contribution is 9.10. The predicted octanol–water partition coefficient (Wildman–Crippen LogP) is 1.56. The van der Waals surface area contributed by atoms with Gasteiger partial charge in [0.05, 0.1) is 20.1 Å². The average Bonchev–Trinajstić information content (AvgIpc) is 2.43. The Morgan fingerprint density at radius 3 is 2.62 bits per heavy atom. The number of rotatable bonds is 8. The second-order valence-corrected chi connectivity index (χ2v) is 5.25. The van der Waals surface area contributed by atoms with Gasteiger partial charge in [-0.3, -0.25) is 9.59 Å². The van der Waals surface area contributed by atoms with E-state index in [0.717, 1.165) is 4.47 Å². The number of amides is 1. The summed E-state index contributed by atoms with van der Waals surface area (Å²) >= 11 is 3.34. The molecule has 116 valence electrons. The van der Waals surface area contributed by atoms with Crippen molar-refractivity contribution in [2.75, 3.05) is 33.9 Å². The van der Waals surface area contributed by atoms with E-state index in [4.69, 9.17) is 14.6 Å². The smallest absolute Gasteiger partial charge is 0.323 e. The molecule has 1 aromatic rings. The molecule has 0 spiro atoms. The minimum absolute atomic E-state index is 0.0691. The molecule has 1 aromatic carbocycles. The quantitative estimate of drug-likeness (QED) is 0.762. The van der Waals surface area contributed by atoms with Gasteiger partial charge in [0.1, 0.15) is 12.3 Å². The van der Waals surface area contributed by atoms with E-state index in [1.165, 1.54) is 19.1 Å². The van der Waals surface area contributed by atoms with Crippen molar-refractivity contribution in [2.45, 2.75) is 6.42 Å². The van der Waals surface area contributed by atoms with Gasteiger partial charge in [0.2, 0.25) is 5.91 Å². The molecule has 0 atom stereocenters. The van der Waals surface area contributed by atoms with Gasteiger partial charge in [0.25, 0.3) is 0 Å². The van der Waals surface area contributed by atoms with Crippen LogP contribution in [0.4, 0.5) is 0 Å². The lowest BCUT2D eigenvalue weighted by atomic mass is 10.1. The van der Waals surface area contributed by atoms with Gasteiger partial charge in [-0.25, -0.2) is 0 Å². The second kappa shape index (κ2) is 8.63. The number of nitrogens with zero attached hydrogens (tertiary/aromatic N) is 1. The molecule has 7 heteroatoms. The number of hydrogen-bond acceptors (Lipinski definition) is 4. The normalized spacial score (nSPS) is 10.2. The lowest BCUT2D eigenvalue weighted by Gasteiger charge is -2.21. The van der Waals surface area contributed by atoms with Crippen molar-refractivity contribution >= 4 is 27.8 Å². The van der Waals surface area contributed by atoms with E-state index in [-0.39, 0.29) is 32.0 Å². The summed E-state index contributed by atoms with van der Waals surface area (Å²) in [4.78, 5) is 24.4. The molecule has 0 bridgehead atoms. The van der Waals surface area contributed by atoms with Crippen LogP contribution in [-0.4, -0.2) is 55.8 Å². The number of carboxylic acids is 1. The van der Waals surface area contributed by atoms with Crippen LogP contribution in [0.15, 0.2) is 22.7 Å². The molecular weight excluding hydrogens is 342 g/mol. The van der Waals surface area contributed by atoms with Gasteiger partial charge >= 0.3 is 5.97 Å². The first-order valence-corrected chi connectivity index (χ1v) is 7.08. The van der Waals surface area contributed by atoms with Crippen LogP contribution in [0.2, 0.25) is 0 Å². The number of hydrogen-bond donors (Lipinski definition) is 1. The molecule has 1 rings (SSSR count). The van der Waals surface area contributed by atoms with Crippen molar-refractivity contribution in [2.24, 2.45) is 0 Å². The number of aliphatic carboxylic acids is 1. The molecular formula is C14H18BrNO5. The highest BCUT2D eigenvalue weighted by Gasteiger charge is 2.18. The summed E-state index contributed by atoms with van der Waals surface area (Å²) in [5.74, 6) is -0.750. The fourth-order valence-electron chi connectivity index (χ4n) is 1.82. The van der Waals surface area contributed by atoms with Gasteiger partial charge in [0.15, 0.2) is 0 Å². The third-order valence-corrected chi connectivity index (χ3v) is 3.32. The lowest BCUT2D eigenvalue weighted by Crippen LogP contribution is -2.38. The van der Waals surface area contributed by atoms with Crippen LogP contribution in [0.25, 0.3) is 0 Å². The Hall–Kier alpha value is -1.60. The molecule has 0 fully saturated rings. The van der Waals surface area contributed by atoms with E-state index >= 15 is 0 Å². The van der Waals surface area contributed by atoms with Gasteiger partial charge < -0.3 is 19.5 Å². The van der Waals surface area contributed by atoms with Crippen LogP contribution in [0.3, 0.4) is 0 Å². The number of carbonyl (C=O) groups excluding carboxylic acids is 1. The van der Waals surface area contributed by atoms with E-state index in [0.29, 0.717) is 11.3 Å². The fraction of sp³-hybridized carbons (Fsp3) is 0.429. The monoisotopic (exact) mass is 359 g/mol. The Labute approximate surface area is 131 Å². The summed E-state index contributed by atoms with van der Waals surface area (Å²) in [6.45, 7) is 0.172. The molecule has 0 saturated carbocycles. The maximum absolute atomic E-state index is 12.3. The molecule has 0 aliphatic rings. The van der Waals surface area contributed by atoms with E-state index in [1.807, 2.05) is 6.07 Å². The first kappa shape index (κ1) is 17.5. The molecule has 1 amide bonds. The predicted molar refractivity (Wildman–Crippen MR) is 80.5 cm³/mol. The zero-order valence-corrected chi connectivity index (χ0v) is 13.6. The van der Waals surface area contributed by atoms with Crippen molar-refractivity contribution in [3.8, 4) is 5.75 Å². The van der Waals surface area contributed by atoms with Crippen LogP contribution in [0.5, 0.6) is 5.75 Å². The minimum Gasteiger partial charge on any atom is -0.496 e. The number of halogens is 1. The Morgan fingerprint density at radius 2 is 2.05 bits per heavy atom. The molecule has 0 aliphatic carbocycles. The van der Waals surface area contributed by atoms with E-state index < -0.39 is 5.97 Å². The molecule has 21 heavy (non-hydrogen) atoms. The zero-order chi connectivity index (χ0) is 15.8. The Bertz CT molecular complexity index is 506. The van der Waals surface area contributed by atoms with Gasteiger partial charge in [-0.1, -0.05) is 15.9 Å². The van der Waals surface area contributed by atoms with E-state index in [9.17, 15) is 9.59 Å². The largest absolute Gasteiger partial charge is 0.496 e. The van der Waals surface area contributed by atoms with Crippen molar-refractivity contribution < 1.29 is 24.2 Å². The standard InChI is InChI=1S/C14H18BrNO5/c1-20-6-5-16(9-14(18)19)13(17)8-10-7-11(15)3-4-12(10)21-2/h3-4,7H,5-6,8-9H2,1-2H3,(H,18,19). The summed E-state index contributed by atoms with van der Waals surface area (Å²) in [6, 6.07) is 5.35. The maximum atomic E-state index is 12.3. The fourth-order valence-corrected chi connectivity index (χ4v) is 2.23. The number of carbonyl (C=O) groups is 2. The van der Waals surface area contributed by atoms with Gasteiger partial charge in [-0.15, -0.1) is 0 Å². The van der Waals surface area contributed by atoms with Crippen LogP contribution < -0.4 is 4.74 Å². The average molecular weight is 360 g/mol. The summed E-state index contributed by atoms with van der Waals surface area (Å²) in [5.41, 5.74) is 0.699. The molecule has 0 unspecified atom stereocenters. The third-order valence-electron chi connectivity index (χ3n) is 2.83. The van der Waals surface area contributed by atoms with E-state index in [2.05, 4.69) is 15.9 Å². The van der Waals surface area contributed by atoms with Crippen LogP contribution >= 0.6 is 15.9 Å². The lowest BCUT2D eigenvalue weighted by molar-refractivity contribution is -0.144. The number of carboxylic acid groups (broad SMARTS) is 1. The highest BCUT2D eigenvalue weighted by atomic mass is 79.9. The molecule has 0 aromatic heterocycles. The summed E-state index contributed by atoms with van der Waals surface area (Å²) < 4.78 is 10.9. The number of methoxy groups -OCH3 is 2. The van der Waals surface area contributed by atoms with Crippen molar-refractivity contribution in [3.63, 3.8) is 0 Å². The van der Waals surface area contributed by atoms with E-state index in [1.54, 1.807) is 12.1 Å². The minimum atomic E-state index is -1.05. The third kappa shape index (κ3) is 5.73. The SMILES string of the molecule is COCCN(CC(=O)O)C(=O)Cc1cc(Br)ccc1OC. The van der Waals surface area contributed by atoms with Gasteiger partial charge in [0, 0.05) is 23.7 Å². The molecule has 6 nitrogen and oxygen atoms in total. The molecule has 0 saturated heterocycles. The van der Waals surface area contributed by atoms with Crippen molar-refractivity contribution in [3.05, 3.63) is 28.2 Å². The maximum Gasteiger partial charge on any atom is 0.323 e. The highest BCUT2D eigenvalue weighted by Crippen LogP contribution is 2.23. The first-order valence-electron chi connectivity index (χ1n) is 6.28. The Kier molecular flexibility index (Phi) is 7.18. The number of ether oxygens (including phenoxy) is 2. The molecule has 1 N–H and O–H groups in total. The summed E-state index contributed by atoms with van der Waals surface area (Å²) in [5, 5.41) is 8.88. The topological polar surface area (TPSA) is 76.1 Å². The first-order chi connectivity index (χ1) is 9.97. The van der Waals surface area contributed by atoms with Gasteiger partial charge in [-0.2, -0.15) is 0 Å². The second-order valence-electron chi connectivity index (χ2n) is 4.33. The number of benzene rings is 1. The van der Waals surface area contributed by atoms with Crippen molar-refractivity contribution in [1.29, 1.82) is 0 Å². The zero-order valence-electron chi connectivity index (χ0n) is 12.0. The Balaban J connectivity index is 2.84. The Morgan fingerprint density at radius 1 is 1.33 bits per heavy atom. The molecule has 0 aliphatic heterocycles. The van der Waals surface area contributed by atoms with Crippen LogP contribution in [-0.2, 0) is 20.7 Å². The summed E-state index contributed by atoms with van der Waals surface area (Å²) in [7, 11) is 3.03. The molecule has 0 radical (unpaired) electrons. The summed E-state index contributed by atoms with van der Waals surface area (Å²) in [6.07, 6.45) is 0.0691.